The summed E-state index contributed by atoms with van der Waals surface area (Å²) >= 11 is 6.09. The van der Waals surface area contributed by atoms with E-state index in [1.807, 2.05) is 33.0 Å². The highest BCUT2D eigenvalue weighted by atomic mass is 35.5. The average molecular weight is 266 g/mol. The Morgan fingerprint density at radius 3 is 2.56 bits per heavy atom. The lowest BCUT2D eigenvalue weighted by Gasteiger charge is -2.10. The molecule has 1 aromatic carbocycles. The quantitative estimate of drug-likeness (QED) is 0.906. The van der Waals surface area contributed by atoms with E-state index in [1.165, 1.54) is 0 Å². The Hall–Kier alpha value is -1.68. The van der Waals surface area contributed by atoms with E-state index in [0.29, 0.717) is 17.1 Å². The van der Waals surface area contributed by atoms with Gasteiger partial charge in [0.25, 0.3) is 5.56 Å². The molecule has 0 radical (unpaired) electrons. The van der Waals surface area contributed by atoms with Gasteiger partial charge < -0.3 is 5.73 Å². The first kappa shape index (κ1) is 12.8. The number of hydrogen-bond donors (Lipinski definition) is 1. The molecule has 2 N–H and O–H groups in total. The van der Waals surface area contributed by atoms with Crippen molar-refractivity contribution in [1.29, 1.82) is 0 Å². The Labute approximate surface area is 111 Å². The lowest BCUT2D eigenvalue weighted by Crippen LogP contribution is -2.20. The number of benzene rings is 1. The molecule has 0 fully saturated rings. The summed E-state index contributed by atoms with van der Waals surface area (Å²) in [6.07, 6.45) is 0.712. The Morgan fingerprint density at radius 1 is 1.39 bits per heavy atom. The zero-order valence-corrected chi connectivity index (χ0v) is 11.5. The van der Waals surface area contributed by atoms with Gasteiger partial charge in [0.05, 0.1) is 11.4 Å². The van der Waals surface area contributed by atoms with Crippen molar-refractivity contribution in [3.63, 3.8) is 0 Å². The molecule has 0 aliphatic heterocycles. The Balaban J connectivity index is 2.71. The molecule has 4 nitrogen and oxygen atoms in total. The molecule has 1 heterocycles. The van der Waals surface area contributed by atoms with Crippen LogP contribution in [0.2, 0.25) is 5.02 Å². The molecule has 5 heteroatoms. The molecule has 2 rings (SSSR count). The average Bonchev–Trinajstić information content (AvgIpc) is 2.54. The van der Waals surface area contributed by atoms with Crippen LogP contribution < -0.4 is 11.3 Å². The van der Waals surface area contributed by atoms with Crippen molar-refractivity contribution in [2.75, 3.05) is 5.73 Å². The third kappa shape index (κ3) is 1.82. The highest BCUT2D eigenvalue weighted by molar-refractivity contribution is 6.31. The molecule has 18 heavy (non-hydrogen) atoms. The van der Waals surface area contributed by atoms with Gasteiger partial charge in [0.2, 0.25) is 0 Å². The fourth-order valence-corrected chi connectivity index (χ4v) is 2.27. The summed E-state index contributed by atoms with van der Waals surface area (Å²) in [5.41, 5.74) is 8.47. The minimum atomic E-state index is -0.200. The molecule has 1 aromatic heterocycles. The maximum absolute atomic E-state index is 12.1. The molecule has 0 saturated heterocycles. The molecular formula is C13H16ClN3O. The minimum absolute atomic E-state index is 0.200. The van der Waals surface area contributed by atoms with Crippen LogP contribution in [0.15, 0.2) is 23.0 Å². The molecule has 0 unspecified atom stereocenters. The second-order valence-electron chi connectivity index (χ2n) is 4.29. The summed E-state index contributed by atoms with van der Waals surface area (Å²) in [6.45, 7) is 3.89. The fourth-order valence-electron chi connectivity index (χ4n) is 2.09. The number of anilines is 1. The van der Waals surface area contributed by atoms with Crippen LogP contribution in [0.4, 0.5) is 5.69 Å². The number of halogens is 1. The van der Waals surface area contributed by atoms with Gasteiger partial charge in [-0.3, -0.25) is 9.48 Å². The van der Waals surface area contributed by atoms with Crippen molar-refractivity contribution in [3.05, 3.63) is 44.8 Å². The summed E-state index contributed by atoms with van der Waals surface area (Å²) < 4.78 is 3.32. The first-order valence-corrected chi connectivity index (χ1v) is 6.18. The lowest BCUT2D eigenvalue weighted by molar-refractivity contribution is 0.618. The normalized spacial score (nSPS) is 10.9. The molecule has 0 saturated carbocycles. The van der Waals surface area contributed by atoms with Crippen LogP contribution in [0.3, 0.4) is 0 Å². The predicted molar refractivity (Wildman–Crippen MR) is 74.5 cm³/mol. The summed E-state index contributed by atoms with van der Waals surface area (Å²) in [7, 11) is 1.82. The minimum Gasteiger partial charge on any atom is -0.393 e. The summed E-state index contributed by atoms with van der Waals surface area (Å²) in [4.78, 5) is 12.1. The van der Waals surface area contributed by atoms with Gasteiger partial charge in [-0.15, -0.1) is 0 Å². The van der Waals surface area contributed by atoms with Crippen molar-refractivity contribution in [3.8, 4) is 5.69 Å². The zero-order valence-electron chi connectivity index (χ0n) is 10.7. The van der Waals surface area contributed by atoms with Crippen LogP contribution in [0.5, 0.6) is 0 Å². The van der Waals surface area contributed by atoms with Gasteiger partial charge in [-0.2, -0.15) is 0 Å². The monoisotopic (exact) mass is 265 g/mol. The van der Waals surface area contributed by atoms with E-state index >= 15 is 0 Å². The van der Waals surface area contributed by atoms with E-state index < -0.39 is 0 Å². The standard InChI is InChI=1S/C13H16ClN3O/c1-4-11-12(15)13(18)17(16(11)3)9-6-5-8(2)10(14)7-9/h5-7H,4,15H2,1-3H3. The maximum atomic E-state index is 12.1. The largest absolute Gasteiger partial charge is 0.393 e. The highest BCUT2D eigenvalue weighted by Crippen LogP contribution is 2.20. The van der Waals surface area contributed by atoms with Crippen molar-refractivity contribution >= 4 is 17.3 Å². The van der Waals surface area contributed by atoms with Gasteiger partial charge in [-0.25, -0.2) is 4.68 Å². The van der Waals surface area contributed by atoms with Crippen LogP contribution in [-0.4, -0.2) is 9.36 Å². The van der Waals surface area contributed by atoms with Gasteiger partial charge in [0.1, 0.15) is 5.69 Å². The summed E-state index contributed by atoms with van der Waals surface area (Å²) in [6, 6.07) is 5.53. The zero-order chi connectivity index (χ0) is 13.4. The van der Waals surface area contributed by atoms with E-state index in [1.54, 1.807) is 15.4 Å². The van der Waals surface area contributed by atoms with Gasteiger partial charge in [0.15, 0.2) is 0 Å². The van der Waals surface area contributed by atoms with Gasteiger partial charge in [0, 0.05) is 12.1 Å². The first-order chi connectivity index (χ1) is 8.47. The number of nitrogen functional groups attached to an aromatic ring is 1. The third-order valence-electron chi connectivity index (χ3n) is 3.16. The lowest BCUT2D eigenvalue weighted by atomic mass is 10.2. The summed E-state index contributed by atoms with van der Waals surface area (Å²) in [5, 5.41) is 0.636. The highest BCUT2D eigenvalue weighted by Gasteiger charge is 2.15. The van der Waals surface area contributed by atoms with E-state index in [4.69, 9.17) is 17.3 Å². The number of nitrogens with zero attached hydrogens (tertiary/aromatic N) is 2. The van der Waals surface area contributed by atoms with Crippen LogP contribution in [0.25, 0.3) is 5.69 Å². The number of rotatable bonds is 2. The van der Waals surface area contributed by atoms with Crippen LogP contribution in [0, 0.1) is 6.92 Å². The molecule has 2 aromatic rings. The SMILES string of the molecule is CCc1c(N)c(=O)n(-c2ccc(C)c(Cl)c2)n1C. The molecule has 0 spiro atoms. The van der Waals surface area contributed by atoms with Gasteiger partial charge >= 0.3 is 0 Å². The van der Waals surface area contributed by atoms with E-state index in [9.17, 15) is 4.79 Å². The third-order valence-corrected chi connectivity index (χ3v) is 3.57. The van der Waals surface area contributed by atoms with Gasteiger partial charge in [-0.05, 0) is 31.0 Å². The number of nitrogens with two attached hydrogens (primary N) is 1. The maximum Gasteiger partial charge on any atom is 0.294 e. The van der Waals surface area contributed by atoms with Crippen LogP contribution in [0.1, 0.15) is 18.2 Å². The van der Waals surface area contributed by atoms with Crippen molar-refractivity contribution < 1.29 is 0 Å². The smallest absolute Gasteiger partial charge is 0.294 e. The fraction of sp³-hybridized carbons (Fsp3) is 0.308. The van der Waals surface area contributed by atoms with Crippen molar-refractivity contribution in [2.45, 2.75) is 20.3 Å². The molecule has 96 valence electrons. The molecule has 0 bridgehead atoms. The Bertz CT molecular complexity index is 655. The predicted octanol–water partition coefficient (Wildman–Crippen LogP) is 2.28. The van der Waals surface area contributed by atoms with E-state index in [2.05, 4.69) is 0 Å². The Kier molecular flexibility index (Phi) is 3.22. The van der Waals surface area contributed by atoms with E-state index in [0.717, 1.165) is 16.9 Å². The molecule has 0 aliphatic carbocycles. The molecular weight excluding hydrogens is 250 g/mol. The van der Waals surface area contributed by atoms with Crippen LogP contribution >= 0.6 is 11.6 Å². The second kappa shape index (κ2) is 4.53. The first-order valence-electron chi connectivity index (χ1n) is 5.80. The Morgan fingerprint density at radius 2 is 2.06 bits per heavy atom. The molecule has 0 aliphatic rings. The summed E-state index contributed by atoms with van der Waals surface area (Å²) in [5.74, 6) is 0. The topological polar surface area (TPSA) is 53.0 Å². The number of aryl methyl sites for hydroxylation is 1. The number of hydrogen-bond acceptors (Lipinski definition) is 2. The van der Waals surface area contributed by atoms with Crippen molar-refractivity contribution in [2.24, 2.45) is 7.05 Å². The van der Waals surface area contributed by atoms with Gasteiger partial charge in [-0.1, -0.05) is 24.6 Å². The molecule has 0 amide bonds. The van der Waals surface area contributed by atoms with Crippen molar-refractivity contribution in [1.82, 2.24) is 9.36 Å². The number of aromatic nitrogens is 2. The molecule has 0 atom stereocenters. The second-order valence-corrected chi connectivity index (χ2v) is 4.70. The van der Waals surface area contributed by atoms with Crippen LogP contribution in [-0.2, 0) is 13.5 Å². The van der Waals surface area contributed by atoms with E-state index in [-0.39, 0.29) is 5.56 Å².